The maximum atomic E-state index is 12.8. The molecule has 0 saturated carbocycles. The molecule has 3 unspecified atom stereocenters. The number of nitrogens with one attached hydrogen (secondary N) is 1. The van der Waals surface area contributed by atoms with Gasteiger partial charge in [0.15, 0.2) is 0 Å². The second kappa shape index (κ2) is 42.6. The SMILES string of the molecule is CCCCCCCCC/C=C\CCCCCCCCCC(=O)NC(COP(=O)(O)OCCN)C(O)/C=C/CCCCCCCCCCCCCCCCCC. The summed E-state index contributed by atoms with van der Waals surface area (Å²) >= 11 is 0. The Morgan fingerprint density at radius 1 is 0.582 bits per heavy atom. The highest BCUT2D eigenvalue weighted by atomic mass is 31.2. The number of phosphoric acid groups is 1. The van der Waals surface area contributed by atoms with E-state index in [9.17, 15) is 19.4 Å². The molecule has 3 atom stereocenters. The molecule has 0 aliphatic rings. The first-order valence-corrected chi connectivity index (χ1v) is 25.0. The number of aliphatic hydroxyl groups excluding tert-OH is 1. The van der Waals surface area contributed by atoms with Gasteiger partial charge in [0, 0.05) is 13.0 Å². The van der Waals surface area contributed by atoms with E-state index < -0.39 is 20.0 Å². The zero-order valence-corrected chi connectivity index (χ0v) is 37.1. The van der Waals surface area contributed by atoms with Crippen LogP contribution in [0.4, 0.5) is 0 Å². The van der Waals surface area contributed by atoms with E-state index in [2.05, 4.69) is 31.3 Å². The van der Waals surface area contributed by atoms with Crippen LogP contribution in [0.2, 0.25) is 0 Å². The molecule has 0 aromatic heterocycles. The van der Waals surface area contributed by atoms with Gasteiger partial charge in [0.05, 0.1) is 25.4 Å². The average molecular weight is 799 g/mol. The van der Waals surface area contributed by atoms with E-state index in [-0.39, 0.29) is 25.7 Å². The third-order valence-electron chi connectivity index (χ3n) is 10.5. The fourth-order valence-electron chi connectivity index (χ4n) is 6.95. The van der Waals surface area contributed by atoms with E-state index >= 15 is 0 Å². The lowest BCUT2D eigenvalue weighted by Gasteiger charge is -2.23. The summed E-state index contributed by atoms with van der Waals surface area (Å²) in [6.07, 6.45) is 49.4. The standard InChI is InChI=1S/C46H91N2O6P/c1-3-5-7-9-11-13-15-17-19-21-23-25-27-29-31-33-35-37-39-45(49)44(43-54-55(51,52)53-42-41-47)48-46(50)40-38-36-34-32-30-28-26-24-22-20-18-16-14-12-10-8-6-4-2/h20,22,37,39,44-45,49H,3-19,21,23-36,38,40-43,47H2,1-2H3,(H,48,50)(H,51,52)/b22-20-,39-37+. The van der Waals surface area contributed by atoms with Gasteiger partial charge in [-0.15, -0.1) is 0 Å². The number of phosphoric ester groups is 1. The first kappa shape index (κ1) is 54.0. The van der Waals surface area contributed by atoms with Gasteiger partial charge in [-0.3, -0.25) is 13.8 Å². The first-order chi connectivity index (χ1) is 26.9. The van der Waals surface area contributed by atoms with Gasteiger partial charge in [-0.1, -0.05) is 205 Å². The van der Waals surface area contributed by atoms with Crippen LogP contribution in [0.25, 0.3) is 0 Å². The Morgan fingerprint density at radius 3 is 1.35 bits per heavy atom. The predicted molar refractivity (Wildman–Crippen MR) is 235 cm³/mol. The molecule has 8 nitrogen and oxygen atoms in total. The second-order valence-electron chi connectivity index (χ2n) is 16.0. The van der Waals surface area contributed by atoms with Crippen molar-refractivity contribution in [2.45, 2.75) is 244 Å². The molecule has 1 amide bonds. The molecule has 326 valence electrons. The summed E-state index contributed by atoms with van der Waals surface area (Å²) in [5, 5.41) is 13.7. The van der Waals surface area contributed by atoms with Gasteiger partial charge in [0.25, 0.3) is 0 Å². The molecule has 0 aliphatic heterocycles. The first-order valence-electron chi connectivity index (χ1n) is 23.5. The maximum Gasteiger partial charge on any atom is 0.472 e. The van der Waals surface area contributed by atoms with E-state index in [0.717, 1.165) is 38.5 Å². The van der Waals surface area contributed by atoms with Crippen molar-refractivity contribution in [3.63, 3.8) is 0 Å². The molecule has 0 rings (SSSR count). The van der Waals surface area contributed by atoms with Gasteiger partial charge in [0.1, 0.15) is 0 Å². The molecule has 0 aromatic carbocycles. The fourth-order valence-corrected chi connectivity index (χ4v) is 7.71. The molecule has 0 fully saturated rings. The van der Waals surface area contributed by atoms with Crippen LogP contribution in [0.15, 0.2) is 24.3 Å². The molecule has 55 heavy (non-hydrogen) atoms. The van der Waals surface area contributed by atoms with Gasteiger partial charge in [0.2, 0.25) is 5.91 Å². The molecule has 0 bridgehead atoms. The molecular weight excluding hydrogens is 707 g/mol. The number of rotatable bonds is 44. The number of carbonyl (C=O) groups is 1. The van der Waals surface area contributed by atoms with Crippen LogP contribution in [-0.2, 0) is 18.4 Å². The summed E-state index contributed by atoms with van der Waals surface area (Å²) in [5.41, 5.74) is 5.38. The Morgan fingerprint density at radius 2 is 0.945 bits per heavy atom. The molecule has 9 heteroatoms. The minimum absolute atomic E-state index is 0.0789. The number of nitrogens with two attached hydrogens (primary N) is 1. The van der Waals surface area contributed by atoms with E-state index in [1.807, 2.05) is 6.08 Å². The van der Waals surface area contributed by atoms with Crippen LogP contribution in [-0.4, -0.2) is 47.8 Å². The van der Waals surface area contributed by atoms with Crippen molar-refractivity contribution < 1.29 is 28.4 Å². The van der Waals surface area contributed by atoms with Gasteiger partial charge < -0.3 is 21.1 Å². The number of hydrogen-bond acceptors (Lipinski definition) is 6. The Bertz CT molecular complexity index is 917. The normalized spacial score (nSPS) is 14.2. The summed E-state index contributed by atoms with van der Waals surface area (Å²) in [4.78, 5) is 22.7. The van der Waals surface area contributed by atoms with Crippen molar-refractivity contribution in [2.75, 3.05) is 19.8 Å². The van der Waals surface area contributed by atoms with E-state index in [0.29, 0.717) is 6.42 Å². The van der Waals surface area contributed by atoms with Crippen LogP contribution in [0, 0.1) is 0 Å². The van der Waals surface area contributed by atoms with Crippen molar-refractivity contribution in [1.82, 2.24) is 5.32 Å². The number of allylic oxidation sites excluding steroid dienone is 3. The second-order valence-corrected chi connectivity index (χ2v) is 17.4. The van der Waals surface area contributed by atoms with Crippen LogP contribution < -0.4 is 11.1 Å². The zero-order valence-electron chi connectivity index (χ0n) is 36.2. The third kappa shape index (κ3) is 41.0. The number of amides is 1. The predicted octanol–water partition coefficient (Wildman–Crippen LogP) is 13.3. The summed E-state index contributed by atoms with van der Waals surface area (Å²) in [5.74, 6) is -0.196. The van der Waals surface area contributed by atoms with Crippen molar-refractivity contribution in [2.24, 2.45) is 5.73 Å². The average Bonchev–Trinajstić information content (AvgIpc) is 3.17. The van der Waals surface area contributed by atoms with E-state index in [1.165, 1.54) is 173 Å². The smallest absolute Gasteiger partial charge is 0.387 e. The van der Waals surface area contributed by atoms with E-state index in [1.54, 1.807) is 6.08 Å². The molecule has 0 spiro atoms. The molecule has 5 N–H and O–H groups in total. The highest BCUT2D eigenvalue weighted by Gasteiger charge is 2.26. The lowest BCUT2D eigenvalue weighted by Crippen LogP contribution is -2.45. The Balaban J connectivity index is 4.17. The lowest BCUT2D eigenvalue weighted by molar-refractivity contribution is -0.123. The summed E-state index contributed by atoms with van der Waals surface area (Å²) in [6, 6.07) is -0.860. The van der Waals surface area contributed by atoms with Crippen LogP contribution in [0.1, 0.15) is 232 Å². The van der Waals surface area contributed by atoms with Crippen molar-refractivity contribution in [1.29, 1.82) is 0 Å². The molecule has 0 aliphatic carbocycles. The molecule has 0 radical (unpaired) electrons. The lowest BCUT2D eigenvalue weighted by atomic mass is 10.0. The molecule has 0 aromatic rings. The van der Waals surface area contributed by atoms with Crippen LogP contribution in [0.5, 0.6) is 0 Å². The van der Waals surface area contributed by atoms with Gasteiger partial charge in [-0.05, 0) is 44.9 Å². The molecular formula is C46H91N2O6P. The summed E-state index contributed by atoms with van der Waals surface area (Å²) in [6.45, 7) is 4.15. The van der Waals surface area contributed by atoms with Crippen LogP contribution in [0.3, 0.4) is 0 Å². The van der Waals surface area contributed by atoms with Gasteiger partial charge in [-0.2, -0.15) is 0 Å². The van der Waals surface area contributed by atoms with Gasteiger partial charge >= 0.3 is 7.82 Å². The summed E-state index contributed by atoms with van der Waals surface area (Å²) in [7, 11) is -4.34. The van der Waals surface area contributed by atoms with Crippen LogP contribution >= 0.6 is 7.82 Å². The van der Waals surface area contributed by atoms with Crippen molar-refractivity contribution in [3.05, 3.63) is 24.3 Å². The quantitative estimate of drug-likeness (QED) is 0.0274. The fraction of sp³-hybridized carbons (Fsp3) is 0.891. The highest BCUT2D eigenvalue weighted by Crippen LogP contribution is 2.43. The highest BCUT2D eigenvalue weighted by molar-refractivity contribution is 7.47. The topological polar surface area (TPSA) is 131 Å². The number of aliphatic hydroxyl groups is 1. The van der Waals surface area contributed by atoms with E-state index in [4.69, 9.17) is 14.8 Å². The van der Waals surface area contributed by atoms with Crippen molar-refractivity contribution in [3.8, 4) is 0 Å². The summed E-state index contributed by atoms with van der Waals surface area (Å²) < 4.78 is 22.2. The Labute approximate surface area is 340 Å². The Hall–Kier alpha value is -1.02. The van der Waals surface area contributed by atoms with Crippen molar-refractivity contribution >= 4 is 13.7 Å². The minimum Gasteiger partial charge on any atom is -0.387 e. The number of carbonyl (C=O) groups excluding carboxylic acids is 1. The van der Waals surface area contributed by atoms with Gasteiger partial charge in [-0.25, -0.2) is 4.57 Å². The number of hydrogen-bond donors (Lipinski definition) is 4. The Kier molecular flexibility index (Phi) is 41.8. The molecule has 0 heterocycles. The number of unbranched alkanes of at least 4 members (excludes halogenated alkanes) is 30. The largest absolute Gasteiger partial charge is 0.472 e. The zero-order chi connectivity index (χ0) is 40.3. The monoisotopic (exact) mass is 799 g/mol. The maximum absolute atomic E-state index is 12.8. The minimum atomic E-state index is -4.34. The molecule has 0 saturated heterocycles. The third-order valence-corrected chi connectivity index (χ3v) is 11.5.